The molecule has 0 radical (unpaired) electrons. The fraction of sp³-hybridized carbons (Fsp3) is 0.400. The Hall–Kier alpha value is -0.830. The standard InChI is InChI=1S/C10H12N2S/c1-2-5-9(6-3-1)13-10-11-7-4-8-12-10/h2,4-5,7-9H,1,3,6H2. The fourth-order valence-corrected chi connectivity index (χ4v) is 2.35. The second-order valence-corrected chi connectivity index (χ2v) is 4.25. The minimum absolute atomic E-state index is 0.580. The topological polar surface area (TPSA) is 25.8 Å². The van der Waals surface area contributed by atoms with Crippen LogP contribution in [-0.2, 0) is 0 Å². The van der Waals surface area contributed by atoms with E-state index in [0.29, 0.717) is 5.25 Å². The zero-order valence-electron chi connectivity index (χ0n) is 7.39. The molecule has 0 aliphatic heterocycles. The highest BCUT2D eigenvalue weighted by Crippen LogP contribution is 2.26. The SMILES string of the molecule is C1=CC(Sc2ncccn2)CCC1. The van der Waals surface area contributed by atoms with Crippen molar-refractivity contribution in [3.8, 4) is 0 Å². The van der Waals surface area contributed by atoms with E-state index < -0.39 is 0 Å². The van der Waals surface area contributed by atoms with Gasteiger partial charge in [0.05, 0.1) is 0 Å². The maximum Gasteiger partial charge on any atom is 0.188 e. The van der Waals surface area contributed by atoms with E-state index in [2.05, 4.69) is 22.1 Å². The molecule has 1 atom stereocenters. The predicted molar refractivity (Wildman–Crippen MR) is 54.7 cm³/mol. The first-order valence-electron chi connectivity index (χ1n) is 4.55. The Morgan fingerprint density at radius 2 is 2.15 bits per heavy atom. The molecule has 1 unspecified atom stereocenters. The van der Waals surface area contributed by atoms with Crippen LogP contribution in [0.25, 0.3) is 0 Å². The summed E-state index contributed by atoms with van der Waals surface area (Å²) in [5.74, 6) is 0. The molecule has 0 bridgehead atoms. The molecule has 3 heteroatoms. The van der Waals surface area contributed by atoms with Gasteiger partial charge in [0, 0.05) is 17.6 Å². The van der Waals surface area contributed by atoms with E-state index in [1.54, 1.807) is 24.2 Å². The Kier molecular flexibility index (Phi) is 2.98. The molecule has 1 aromatic heterocycles. The molecular formula is C10H12N2S. The Labute approximate surface area is 82.5 Å². The lowest BCUT2D eigenvalue weighted by Crippen LogP contribution is -2.03. The average molecular weight is 192 g/mol. The third-order valence-corrected chi connectivity index (χ3v) is 3.13. The van der Waals surface area contributed by atoms with Crippen LogP contribution in [0.15, 0.2) is 35.8 Å². The van der Waals surface area contributed by atoms with Crippen molar-refractivity contribution in [2.45, 2.75) is 29.7 Å². The maximum absolute atomic E-state index is 4.19. The van der Waals surface area contributed by atoms with Gasteiger partial charge in [-0.25, -0.2) is 9.97 Å². The normalized spacial score (nSPS) is 21.7. The van der Waals surface area contributed by atoms with Gasteiger partial charge in [-0.05, 0) is 25.3 Å². The summed E-state index contributed by atoms with van der Waals surface area (Å²) in [4.78, 5) is 8.38. The second-order valence-electron chi connectivity index (χ2n) is 3.05. The van der Waals surface area contributed by atoms with Gasteiger partial charge >= 0.3 is 0 Å². The van der Waals surface area contributed by atoms with Crippen molar-refractivity contribution in [3.63, 3.8) is 0 Å². The van der Waals surface area contributed by atoms with Crippen molar-refractivity contribution in [1.29, 1.82) is 0 Å². The van der Waals surface area contributed by atoms with Gasteiger partial charge in [-0.15, -0.1) is 0 Å². The van der Waals surface area contributed by atoms with Gasteiger partial charge in [-0.2, -0.15) is 0 Å². The Morgan fingerprint density at radius 3 is 2.85 bits per heavy atom. The first-order valence-corrected chi connectivity index (χ1v) is 5.43. The number of thioether (sulfide) groups is 1. The predicted octanol–water partition coefficient (Wildman–Crippen LogP) is 2.68. The Morgan fingerprint density at radius 1 is 1.31 bits per heavy atom. The largest absolute Gasteiger partial charge is 0.231 e. The summed E-state index contributed by atoms with van der Waals surface area (Å²) < 4.78 is 0. The smallest absolute Gasteiger partial charge is 0.188 e. The van der Waals surface area contributed by atoms with Gasteiger partial charge in [-0.1, -0.05) is 23.9 Å². The van der Waals surface area contributed by atoms with Gasteiger partial charge in [0.25, 0.3) is 0 Å². The highest BCUT2D eigenvalue weighted by molar-refractivity contribution is 7.99. The molecule has 1 aliphatic carbocycles. The molecule has 68 valence electrons. The van der Waals surface area contributed by atoms with Crippen LogP contribution in [0.4, 0.5) is 0 Å². The van der Waals surface area contributed by atoms with Crippen molar-refractivity contribution in [2.75, 3.05) is 0 Å². The van der Waals surface area contributed by atoms with Gasteiger partial charge in [-0.3, -0.25) is 0 Å². The number of aromatic nitrogens is 2. The van der Waals surface area contributed by atoms with E-state index in [-0.39, 0.29) is 0 Å². The molecule has 1 aliphatic rings. The molecule has 0 amide bonds. The minimum atomic E-state index is 0.580. The summed E-state index contributed by atoms with van der Waals surface area (Å²) in [5.41, 5.74) is 0. The van der Waals surface area contributed by atoms with E-state index in [1.165, 1.54) is 19.3 Å². The number of hydrogen-bond acceptors (Lipinski definition) is 3. The van der Waals surface area contributed by atoms with Crippen LogP contribution in [0.3, 0.4) is 0 Å². The Balaban J connectivity index is 1.98. The molecular weight excluding hydrogens is 180 g/mol. The molecule has 0 saturated heterocycles. The third kappa shape index (κ3) is 2.56. The van der Waals surface area contributed by atoms with Crippen LogP contribution >= 0.6 is 11.8 Å². The van der Waals surface area contributed by atoms with Crippen LogP contribution < -0.4 is 0 Å². The van der Waals surface area contributed by atoms with Crippen molar-refractivity contribution in [1.82, 2.24) is 9.97 Å². The van der Waals surface area contributed by atoms with Crippen LogP contribution in [0, 0.1) is 0 Å². The summed E-state index contributed by atoms with van der Waals surface area (Å²) >= 11 is 1.76. The van der Waals surface area contributed by atoms with E-state index in [4.69, 9.17) is 0 Å². The summed E-state index contributed by atoms with van der Waals surface area (Å²) in [6.45, 7) is 0. The van der Waals surface area contributed by atoms with E-state index in [0.717, 1.165) is 5.16 Å². The highest BCUT2D eigenvalue weighted by Gasteiger charge is 2.10. The van der Waals surface area contributed by atoms with Gasteiger partial charge in [0.1, 0.15) is 0 Å². The van der Waals surface area contributed by atoms with Crippen molar-refractivity contribution in [2.24, 2.45) is 0 Å². The minimum Gasteiger partial charge on any atom is -0.231 e. The van der Waals surface area contributed by atoms with Crippen molar-refractivity contribution < 1.29 is 0 Å². The van der Waals surface area contributed by atoms with Gasteiger partial charge in [0.2, 0.25) is 0 Å². The number of hydrogen-bond donors (Lipinski definition) is 0. The quantitative estimate of drug-likeness (QED) is 0.532. The number of allylic oxidation sites excluding steroid dienone is 1. The molecule has 0 aromatic carbocycles. The summed E-state index contributed by atoms with van der Waals surface area (Å²) in [6.07, 6.45) is 11.9. The molecule has 1 aromatic rings. The lowest BCUT2D eigenvalue weighted by Gasteiger charge is -2.13. The van der Waals surface area contributed by atoms with Crippen LogP contribution in [0.1, 0.15) is 19.3 Å². The average Bonchev–Trinajstić information content (AvgIpc) is 2.21. The highest BCUT2D eigenvalue weighted by atomic mass is 32.2. The molecule has 0 saturated carbocycles. The fourth-order valence-electron chi connectivity index (χ4n) is 1.36. The summed E-state index contributed by atoms with van der Waals surface area (Å²) in [7, 11) is 0. The lowest BCUT2D eigenvalue weighted by atomic mass is 10.1. The van der Waals surface area contributed by atoms with Crippen molar-refractivity contribution in [3.05, 3.63) is 30.6 Å². The molecule has 2 nitrogen and oxygen atoms in total. The van der Waals surface area contributed by atoms with Crippen LogP contribution in [0.2, 0.25) is 0 Å². The van der Waals surface area contributed by atoms with E-state index >= 15 is 0 Å². The first kappa shape index (κ1) is 8.75. The zero-order valence-corrected chi connectivity index (χ0v) is 8.20. The van der Waals surface area contributed by atoms with Crippen LogP contribution in [0.5, 0.6) is 0 Å². The van der Waals surface area contributed by atoms with E-state index in [1.807, 2.05) is 6.07 Å². The Bertz CT molecular complexity index is 284. The number of nitrogens with zero attached hydrogens (tertiary/aromatic N) is 2. The number of rotatable bonds is 2. The molecule has 0 spiro atoms. The molecule has 2 rings (SSSR count). The molecule has 0 fully saturated rings. The third-order valence-electron chi connectivity index (χ3n) is 2.01. The van der Waals surface area contributed by atoms with Gasteiger partial charge in [0.15, 0.2) is 5.16 Å². The maximum atomic E-state index is 4.19. The zero-order chi connectivity index (χ0) is 8.93. The first-order chi connectivity index (χ1) is 6.45. The summed E-state index contributed by atoms with van der Waals surface area (Å²) in [6, 6.07) is 1.85. The summed E-state index contributed by atoms with van der Waals surface area (Å²) in [5, 5.41) is 1.47. The second kappa shape index (κ2) is 4.42. The molecule has 1 heterocycles. The molecule has 0 N–H and O–H groups in total. The lowest BCUT2D eigenvalue weighted by molar-refractivity contribution is 0.738. The van der Waals surface area contributed by atoms with Crippen molar-refractivity contribution >= 4 is 11.8 Å². The monoisotopic (exact) mass is 192 g/mol. The molecule has 13 heavy (non-hydrogen) atoms. The van der Waals surface area contributed by atoms with Gasteiger partial charge < -0.3 is 0 Å². The van der Waals surface area contributed by atoms with E-state index in [9.17, 15) is 0 Å². The van der Waals surface area contributed by atoms with Crippen LogP contribution in [-0.4, -0.2) is 15.2 Å².